The summed E-state index contributed by atoms with van der Waals surface area (Å²) in [5.41, 5.74) is 7.11. The van der Waals surface area contributed by atoms with Gasteiger partial charge in [-0.25, -0.2) is 4.98 Å². The number of rotatable bonds is 3. The molecule has 0 aliphatic rings. The Hall–Kier alpha value is -1.88. The quantitative estimate of drug-likeness (QED) is 0.946. The van der Waals surface area contributed by atoms with Crippen LogP contribution >= 0.6 is 15.9 Å². The topological polar surface area (TPSA) is 59.2 Å². The third-order valence-electron chi connectivity index (χ3n) is 2.79. The third-order valence-corrected chi connectivity index (χ3v) is 3.56. The number of benzene rings is 1. The highest BCUT2D eigenvalue weighted by Crippen LogP contribution is 2.18. The fourth-order valence-corrected chi connectivity index (χ4v) is 2.07. The number of nitrogens with zero attached hydrogens (tertiary/aromatic N) is 2. The van der Waals surface area contributed by atoms with Gasteiger partial charge in [-0.3, -0.25) is 9.69 Å². The predicted molar refractivity (Wildman–Crippen MR) is 79.9 cm³/mol. The number of pyridine rings is 1. The highest BCUT2D eigenvalue weighted by Gasteiger charge is 2.13. The van der Waals surface area contributed by atoms with Gasteiger partial charge in [0, 0.05) is 11.5 Å². The summed E-state index contributed by atoms with van der Waals surface area (Å²) in [6.45, 7) is 0. The molecule has 1 aromatic heterocycles. The van der Waals surface area contributed by atoms with Gasteiger partial charge in [0.1, 0.15) is 5.82 Å². The van der Waals surface area contributed by atoms with Crippen molar-refractivity contribution < 1.29 is 4.79 Å². The van der Waals surface area contributed by atoms with Crippen molar-refractivity contribution >= 4 is 33.3 Å². The molecule has 1 aromatic carbocycles. The van der Waals surface area contributed by atoms with Crippen LogP contribution in [0.5, 0.6) is 0 Å². The Labute approximate surface area is 120 Å². The Bertz CT molecular complexity index is 583. The Morgan fingerprint density at radius 2 is 2.05 bits per heavy atom. The molecule has 2 aromatic rings. The lowest BCUT2D eigenvalue weighted by atomic mass is 10.1. The van der Waals surface area contributed by atoms with E-state index in [1.54, 1.807) is 19.2 Å². The average molecular weight is 320 g/mol. The fraction of sp³-hybridized carbons (Fsp3) is 0.143. The van der Waals surface area contributed by atoms with E-state index in [1.165, 1.54) is 11.1 Å². The van der Waals surface area contributed by atoms with Crippen molar-refractivity contribution in [3.63, 3.8) is 0 Å². The second kappa shape index (κ2) is 5.84. The summed E-state index contributed by atoms with van der Waals surface area (Å²) in [6, 6.07) is 11.1. The summed E-state index contributed by atoms with van der Waals surface area (Å²) in [5, 5.41) is 0. The van der Waals surface area contributed by atoms with E-state index in [-0.39, 0.29) is 5.91 Å². The molecule has 1 amide bonds. The number of nitrogen functional groups attached to an aromatic ring is 1. The number of hydrogen-bond donors (Lipinski definition) is 1. The summed E-state index contributed by atoms with van der Waals surface area (Å²) in [7, 11) is 1.71. The molecule has 0 saturated heterocycles. The van der Waals surface area contributed by atoms with E-state index >= 15 is 0 Å². The highest BCUT2D eigenvalue weighted by molar-refractivity contribution is 9.10. The van der Waals surface area contributed by atoms with Crippen molar-refractivity contribution in [1.29, 1.82) is 0 Å². The fourth-order valence-electron chi connectivity index (χ4n) is 1.65. The lowest BCUT2D eigenvalue weighted by molar-refractivity contribution is -0.117. The van der Waals surface area contributed by atoms with Crippen LogP contribution in [0.2, 0.25) is 0 Å². The Balaban J connectivity index is 2.12. The maximum Gasteiger partial charge on any atom is 0.232 e. The second-order valence-electron chi connectivity index (χ2n) is 4.17. The minimum Gasteiger partial charge on any atom is -0.397 e. The molecule has 0 fully saturated rings. The lowest BCUT2D eigenvalue weighted by Crippen LogP contribution is -2.28. The van der Waals surface area contributed by atoms with Crippen LogP contribution in [0.15, 0.2) is 47.1 Å². The van der Waals surface area contributed by atoms with Crippen LogP contribution in [-0.2, 0) is 11.2 Å². The lowest BCUT2D eigenvalue weighted by Gasteiger charge is -2.16. The number of likely N-dealkylation sites (N-methyl/N-ethyl adjacent to an activating group) is 1. The summed E-state index contributed by atoms with van der Waals surface area (Å²) in [5.74, 6) is 0.565. The number of nitrogens with two attached hydrogens (primary N) is 1. The first-order valence-corrected chi connectivity index (χ1v) is 6.58. The molecule has 98 valence electrons. The molecule has 0 atom stereocenters. The van der Waals surface area contributed by atoms with Gasteiger partial charge < -0.3 is 5.73 Å². The zero-order valence-electron chi connectivity index (χ0n) is 10.5. The van der Waals surface area contributed by atoms with E-state index in [1.807, 2.05) is 24.3 Å². The maximum atomic E-state index is 12.2. The van der Waals surface area contributed by atoms with Crippen LogP contribution in [-0.4, -0.2) is 17.9 Å². The Morgan fingerprint density at radius 3 is 2.68 bits per heavy atom. The monoisotopic (exact) mass is 319 g/mol. The smallest absolute Gasteiger partial charge is 0.232 e. The standard InChI is InChI=1S/C14H14BrN3O/c1-18(13-7-6-11(16)9-17-13)14(19)8-10-4-2-3-5-12(10)15/h2-7,9H,8,16H2,1H3. The van der Waals surface area contributed by atoms with E-state index in [0.29, 0.717) is 17.9 Å². The number of carbonyl (C=O) groups is 1. The van der Waals surface area contributed by atoms with Crippen molar-refractivity contribution in [3.8, 4) is 0 Å². The molecule has 0 spiro atoms. The summed E-state index contributed by atoms with van der Waals surface area (Å²) in [6.07, 6.45) is 1.86. The molecular formula is C14H14BrN3O. The SMILES string of the molecule is CN(C(=O)Cc1ccccc1Br)c1ccc(N)cn1. The summed E-state index contributed by atoms with van der Waals surface area (Å²) >= 11 is 3.44. The first-order chi connectivity index (χ1) is 9.08. The molecule has 0 saturated carbocycles. The molecule has 4 nitrogen and oxygen atoms in total. The normalized spacial score (nSPS) is 10.2. The van der Waals surface area contributed by atoms with E-state index in [9.17, 15) is 4.79 Å². The van der Waals surface area contributed by atoms with E-state index in [0.717, 1.165) is 10.0 Å². The predicted octanol–water partition coefficient (Wildman–Crippen LogP) is 2.63. The van der Waals surface area contributed by atoms with Gasteiger partial charge in [-0.1, -0.05) is 34.1 Å². The highest BCUT2D eigenvalue weighted by atomic mass is 79.9. The summed E-state index contributed by atoms with van der Waals surface area (Å²) < 4.78 is 0.932. The molecule has 0 unspecified atom stereocenters. The van der Waals surface area contributed by atoms with Gasteiger partial charge >= 0.3 is 0 Å². The number of anilines is 2. The van der Waals surface area contributed by atoms with Crippen molar-refractivity contribution in [2.24, 2.45) is 0 Å². The molecule has 0 radical (unpaired) electrons. The molecule has 19 heavy (non-hydrogen) atoms. The molecule has 2 rings (SSSR count). The van der Waals surface area contributed by atoms with Crippen LogP contribution in [0.4, 0.5) is 11.5 Å². The molecule has 2 N–H and O–H groups in total. The maximum absolute atomic E-state index is 12.2. The Kier molecular flexibility index (Phi) is 4.16. The van der Waals surface area contributed by atoms with Crippen LogP contribution in [0.1, 0.15) is 5.56 Å². The van der Waals surface area contributed by atoms with Gasteiger partial charge in [-0.15, -0.1) is 0 Å². The number of aromatic nitrogens is 1. The third kappa shape index (κ3) is 3.32. The van der Waals surface area contributed by atoms with Crippen molar-refractivity contribution in [2.75, 3.05) is 17.7 Å². The van der Waals surface area contributed by atoms with Crippen molar-refractivity contribution in [2.45, 2.75) is 6.42 Å². The zero-order valence-corrected chi connectivity index (χ0v) is 12.1. The number of amides is 1. The number of carbonyl (C=O) groups excluding carboxylic acids is 1. The van der Waals surface area contributed by atoms with Crippen LogP contribution in [0.3, 0.4) is 0 Å². The minimum atomic E-state index is -0.0239. The average Bonchev–Trinajstić information content (AvgIpc) is 2.41. The molecule has 0 aliphatic carbocycles. The van der Waals surface area contributed by atoms with Gasteiger partial charge in [-0.05, 0) is 23.8 Å². The van der Waals surface area contributed by atoms with Gasteiger partial charge in [0.2, 0.25) is 5.91 Å². The zero-order chi connectivity index (χ0) is 13.8. The number of hydrogen-bond acceptors (Lipinski definition) is 3. The largest absolute Gasteiger partial charge is 0.397 e. The minimum absolute atomic E-state index is 0.0239. The first kappa shape index (κ1) is 13.5. The second-order valence-corrected chi connectivity index (χ2v) is 5.03. The van der Waals surface area contributed by atoms with Crippen molar-refractivity contribution in [3.05, 3.63) is 52.6 Å². The van der Waals surface area contributed by atoms with E-state index < -0.39 is 0 Å². The first-order valence-electron chi connectivity index (χ1n) is 5.79. The van der Waals surface area contributed by atoms with Gasteiger partial charge in [0.25, 0.3) is 0 Å². The molecule has 0 bridgehead atoms. The van der Waals surface area contributed by atoms with Crippen LogP contribution < -0.4 is 10.6 Å². The number of halogens is 1. The van der Waals surface area contributed by atoms with Crippen molar-refractivity contribution in [1.82, 2.24) is 4.98 Å². The molecule has 1 heterocycles. The van der Waals surface area contributed by atoms with E-state index in [4.69, 9.17) is 5.73 Å². The van der Waals surface area contributed by atoms with Gasteiger partial charge in [0.15, 0.2) is 0 Å². The Morgan fingerprint density at radius 1 is 1.32 bits per heavy atom. The van der Waals surface area contributed by atoms with E-state index in [2.05, 4.69) is 20.9 Å². The molecular weight excluding hydrogens is 306 g/mol. The molecule has 5 heteroatoms. The van der Waals surface area contributed by atoms with Gasteiger partial charge in [0.05, 0.1) is 18.3 Å². The summed E-state index contributed by atoms with van der Waals surface area (Å²) in [4.78, 5) is 17.8. The van der Waals surface area contributed by atoms with Crippen LogP contribution in [0.25, 0.3) is 0 Å². The van der Waals surface area contributed by atoms with Crippen LogP contribution in [0, 0.1) is 0 Å². The van der Waals surface area contributed by atoms with Gasteiger partial charge in [-0.2, -0.15) is 0 Å². The molecule has 0 aliphatic heterocycles.